The lowest BCUT2D eigenvalue weighted by Crippen LogP contribution is -2.36. The Balaban J connectivity index is 2.71. The van der Waals surface area contributed by atoms with E-state index in [9.17, 15) is 13.6 Å². The van der Waals surface area contributed by atoms with Crippen molar-refractivity contribution in [3.63, 3.8) is 0 Å². The van der Waals surface area contributed by atoms with Crippen molar-refractivity contribution in [1.82, 2.24) is 0 Å². The Kier molecular flexibility index (Phi) is 6.55. The van der Waals surface area contributed by atoms with E-state index in [2.05, 4.69) is 5.32 Å². The molecule has 0 aliphatic carbocycles. The largest absolute Gasteiger partial charge is 0.487 e. The van der Waals surface area contributed by atoms with Crippen LogP contribution in [0.2, 0.25) is 0 Å². The number of anilines is 1. The van der Waals surface area contributed by atoms with Gasteiger partial charge in [0.05, 0.1) is 6.04 Å². The van der Waals surface area contributed by atoms with E-state index in [1.54, 1.807) is 19.1 Å². The number of hydrogen-bond acceptors (Lipinski definition) is 3. The lowest BCUT2D eigenvalue weighted by Gasteiger charge is -2.15. The van der Waals surface area contributed by atoms with Crippen molar-refractivity contribution in [3.05, 3.63) is 23.8 Å². The summed E-state index contributed by atoms with van der Waals surface area (Å²) in [6.07, 6.45) is -1.96. The molecule has 0 aliphatic heterocycles. The van der Waals surface area contributed by atoms with Crippen LogP contribution in [0.3, 0.4) is 0 Å². The molecule has 6 heteroatoms. The van der Waals surface area contributed by atoms with Gasteiger partial charge < -0.3 is 15.8 Å². The third kappa shape index (κ3) is 6.08. The van der Waals surface area contributed by atoms with E-state index in [1.807, 2.05) is 13.8 Å². The van der Waals surface area contributed by atoms with Crippen LogP contribution in [0.4, 0.5) is 14.5 Å². The second kappa shape index (κ2) is 7.93. The second-order valence-electron chi connectivity index (χ2n) is 5.41. The summed E-state index contributed by atoms with van der Waals surface area (Å²) < 4.78 is 29.4. The molecule has 1 amide bonds. The molecule has 118 valence electrons. The number of rotatable bonds is 7. The van der Waals surface area contributed by atoms with E-state index < -0.39 is 19.1 Å². The molecule has 0 unspecified atom stereocenters. The minimum absolute atomic E-state index is 0.299. The van der Waals surface area contributed by atoms with Gasteiger partial charge in [-0.05, 0) is 30.9 Å². The number of hydrogen-bond donors (Lipinski definition) is 2. The molecule has 0 radical (unpaired) electrons. The lowest BCUT2D eigenvalue weighted by atomic mass is 10.0. The van der Waals surface area contributed by atoms with Crippen molar-refractivity contribution < 1.29 is 18.3 Å². The van der Waals surface area contributed by atoms with E-state index in [-0.39, 0.29) is 5.91 Å². The Bertz CT molecular complexity index is 479. The van der Waals surface area contributed by atoms with Gasteiger partial charge in [-0.2, -0.15) is 0 Å². The molecule has 0 fully saturated rings. The fraction of sp³-hybridized carbons (Fsp3) is 0.533. The average Bonchev–Trinajstić information content (AvgIpc) is 2.38. The maximum atomic E-state index is 12.2. The second-order valence-corrected chi connectivity index (χ2v) is 5.41. The van der Waals surface area contributed by atoms with Crippen LogP contribution in [0.15, 0.2) is 18.2 Å². The number of nitrogens with two attached hydrogens (primary N) is 1. The minimum atomic E-state index is -2.54. The summed E-state index contributed by atoms with van der Waals surface area (Å²) in [5.41, 5.74) is 6.99. The number of ether oxygens (including phenoxy) is 1. The van der Waals surface area contributed by atoms with Gasteiger partial charge in [-0.15, -0.1) is 0 Å². The number of carbonyl (C=O) groups excluding carboxylic acids is 1. The molecule has 0 aromatic heterocycles. The zero-order chi connectivity index (χ0) is 16.0. The Morgan fingerprint density at radius 3 is 2.62 bits per heavy atom. The van der Waals surface area contributed by atoms with Gasteiger partial charge in [-0.3, -0.25) is 4.79 Å². The van der Waals surface area contributed by atoms with Crippen LogP contribution in [0.5, 0.6) is 5.75 Å². The van der Waals surface area contributed by atoms with Crippen molar-refractivity contribution in [2.24, 2.45) is 11.7 Å². The Morgan fingerprint density at radius 2 is 2.05 bits per heavy atom. The van der Waals surface area contributed by atoms with E-state index in [1.165, 1.54) is 6.07 Å². The van der Waals surface area contributed by atoms with Gasteiger partial charge in [0.25, 0.3) is 6.43 Å². The van der Waals surface area contributed by atoms with Crippen molar-refractivity contribution in [2.75, 3.05) is 11.9 Å². The first-order valence-corrected chi connectivity index (χ1v) is 6.87. The minimum Gasteiger partial charge on any atom is -0.487 e. The number of alkyl halides is 2. The highest BCUT2D eigenvalue weighted by atomic mass is 19.3. The van der Waals surface area contributed by atoms with Crippen LogP contribution in [0.1, 0.15) is 25.8 Å². The SMILES string of the molecule is Cc1ccc(NC(=O)[C@@H](N)CC(C)C)cc1OCC(F)F. The predicted molar refractivity (Wildman–Crippen MR) is 78.7 cm³/mol. The number of amides is 1. The summed E-state index contributed by atoms with van der Waals surface area (Å²) in [7, 11) is 0. The van der Waals surface area contributed by atoms with Crippen LogP contribution < -0.4 is 15.8 Å². The molecule has 21 heavy (non-hydrogen) atoms. The van der Waals surface area contributed by atoms with Crippen molar-refractivity contribution >= 4 is 11.6 Å². The molecule has 1 atom stereocenters. The highest BCUT2D eigenvalue weighted by molar-refractivity contribution is 5.94. The standard InChI is InChI=1S/C15H22F2N2O2/c1-9(2)6-12(18)15(20)19-11-5-4-10(3)13(7-11)21-8-14(16)17/h4-5,7,9,12,14H,6,8,18H2,1-3H3,(H,19,20)/t12-/m0/s1. The van der Waals surface area contributed by atoms with Gasteiger partial charge in [0, 0.05) is 11.8 Å². The lowest BCUT2D eigenvalue weighted by molar-refractivity contribution is -0.117. The van der Waals surface area contributed by atoms with E-state index in [0.29, 0.717) is 23.8 Å². The first-order valence-electron chi connectivity index (χ1n) is 6.87. The smallest absolute Gasteiger partial charge is 0.272 e. The Morgan fingerprint density at radius 1 is 1.38 bits per heavy atom. The summed E-state index contributed by atoms with van der Waals surface area (Å²) in [5.74, 6) is 0.339. The van der Waals surface area contributed by atoms with Gasteiger partial charge in [0.2, 0.25) is 5.91 Å². The van der Waals surface area contributed by atoms with Gasteiger partial charge in [-0.25, -0.2) is 8.78 Å². The van der Waals surface area contributed by atoms with Crippen LogP contribution in [0, 0.1) is 12.8 Å². The maximum Gasteiger partial charge on any atom is 0.272 e. The van der Waals surface area contributed by atoms with Crippen molar-refractivity contribution in [3.8, 4) is 5.75 Å². The van der Waals surface area contributed by atoms with Crippen molar-refractivity contribution in [1.29, 1.82) is 0 Å². The normalized spacial score (nSPS) is 12.6. The van der Waals surface area contributed by atoms with E-state index >= 15 is 0 Å². The predicted octanol–water partition coefficient (Wildman–Crippen LogP) is 2.95. The van der Waals surface area contributed by atoms with Crippen molar-refractivity contribution in [2.45, 2.75) is 39.7 Å². The molecule has 0 bridgehead atoms. The monoisotopic (exact) mass is 300 g/mol. The molecule has 4 nitrogen and oxygen atoms in total. The Hall–Kier alpha value is -1.69. The van der Waals surface area contributed by atoms with Gasteiger partial charge in [-0.1, -0.05) is 19.9 Å². The van der Waals surface area contributed by atoms with Crippen LogP contribution in [0.25, 0.3) is 0 Å². The highest BCUT2D eigenvalue weighted by Gasteiger charge is 2.15. The number of nitrogens with one attached hydrogen (secondary N) is 1. The fourth-order valence-corrected chi connectivity index (χ4v) is 1.84. The zero-order valence-electron chi connectivity index (χ0n) is 12.5. The quantitative estimate of drug-likeness (QED) is 0.813. The molecule has 0 saturated heterocycles. The van der Waals surface area contributed by atoms with Gasteiger partial charge >= 0.3 is 0 Å². The molecule has 0 saturated carbocycles. The number of aryl methyl sites for hydroxylation is 1. The number of benzene rings is 1. The van der Waals surface area contributed by atoms with Crippen LogP contribution >= 0.6 is 0 Å². The summed E-state index contributed by atoms with van der Waals surface area (Å²) in [4.78, 5) is 11.9. The first kappa shape index (κ1) is 17.4. The first-order chi connectivity index (χ1) is 9.79. The molecular weight excluding hydrogens is 278 g/mol. The molecule has 0 heterocycles. The van der Waals surface area contributed by atoms with E-state index in [4.69, 9.17) is 10.5 Å². The molecule has 0 aliphatic rings. The third-order valence-electron chi connectivity index (χ3n) is 2.88. The summed E-state index contributed by atoms with van der Waals surface area (Å²) in [6, 6.07) is 4.31. The zero-order valence-corrected chi connectivity index (χ0v) is 12.5. The molecule has 3 N–H and O–H groups in total. The topological polar surface area (TPSA) is 64.4 Å². The molecule has 1 aromatic carbocycles. The highest BCUT2D eigenvalue weighted by Crippen LogP contribution is 2.23. The summed E-state index contributed by atoms with van der Waals surface area (Å²) in [6.45, 7) is 5.03. The van der Waals surface area contributed by atoms with Crippen LogP contribution in [-0.4, -0.2) is 25.0 Å². The maximum absolute atomic E-state index is 12.2. The molecule has 0 spiro atoms. The summed E-state index contributed by atoms with van der Waals surface area (Å²) in [5, 5.41) is 2.67. The Labute approximate surface area is 123 Å². The van der Waals surface area contributed by atoms with Crippen LogP contribution in [-0.2, 0) is 4.79 Å². The average molecular weight is 300 g/mol. The molecular formula is C15H22F2N2O2. The third-order valence-corrected chi connectivity index (χ3v) is 2.88. The molecule has 1 aromatic rings. The molecule has 1 rings (SSSR count). The summed E-state index contributed by atoms with van der Waals surface area (Å²) >= 11 is 0. The number of carbonyl (C=O) groups is 1. The van der Waals surface area contributed by atoms with Gasteiger partial charge in [0.15, 0.2) is 0 Å². The van der Waals surface area contributed by atoms with E-state index in [0.717, 1.165) is 5.56 Å². The fourth-order valence-electron chi connectivity index (χ4n) is 1.84. The number of halogens is 2. The van der Waals surface area contributed by atoms with Gasteiger partial charge in [0.1, 0.15) is 12.4 Å².